The Morgan fingerprint density at radius 2 is 1.92 bits per heavy atom. The van der Waals surface area contributed by atoms with Crippen molar-refractivity contribution < 1.29 is 9.53 Å². The van der Waals surface area contributed by atoms with Crippen LogP contribution in [-0.4, -0.2) is 15.7 Å². The van der Waals surface area contributed by atoms with E-state index >= 15 is 0 Å². The Kier molecular flexibility index (Phi) is 5.14. The minimum Gasteiger partial charge on any atom is -0.471 e. The Morgan fingerprint density at radius 3 is 2.72 bits per heavy atom. The SMILES string of the molecule is Cc1ccc(C)c(OCn2ccc(C(=O)NCc3ccccc3)n2)c1. The van der Waals surface area contributed by atoms with Gasteiger partial charge in [-0.15, -0.1) is 0 Å². The number of carbonyl (C=O) groups excluding carboxylic acids is 1. The monoisotopic (exact) mass is 335 g/mol. The molecule has 3 rings (SSSR count). The molecule has 0 radical (unpaired) electrons. The summed E-state index contributed by atoms with van der Waals surface area (Å²) < 4.78 is 7.41. The molecule has 1 N–H and O–H groups in total. The first-order chi connectivity index (χ1) is 12.1. The summed E-state index contributed by atoms with van der Waals surface area (Å²) in [4.78, 5) is 12.2. The van der Waals surface area contributed by atoms with Crippen LogP contribution in [0.5, 0.6) is 5.75 Å². The average Bonchev–Trinajstić information content (AvgIpc) is 3.10. The van der Waals surface area contributed by atoms with Crippen molar-refractivity contribution in [1.29, 1.82) is 0 Å². The van der Waals surface area contributed by atoms with Gasteiger partial charge in [0.25, 0.3) is 5.91 Å². The summed E-state index contributed by atoms with van der Waals surface area (Å²) in [7, 11) is 0. The van der Waals surface area contributed by atoms with Crippen molar-refractivity contribution in [3.8, 4) is 5.75 Å². The van der Waals surface area contributed by atoms with E-state index in [4.69, 9.17) is 4.74 Å². The third kappa shape index (κ3) is 4.47. The molecule has 1 heterocycles. The average molecular weight is 335 g/mol. The number of amides is 1. The maximum Gasteiger partial charge on any atom is 0.272 e. The van der Waals surface area contributed by atoms with Crippen LogP contribution in [0.25, 0.3) is 0 Å². The highest BCUT2D eigenvalue weighted by atomic mass is 16.5. The predicted molar refractivity (Wildman–Crippen MR) is 96.4 cm³/mol. The van der Waals surface area contributed by atoms with Crippen molar-refractivity contribution in [2.45, 2.75) is 27.1 Å². The van der Waals surface area contributed by atoms with Crippen LogP contribution in [0, 0.1) is 13.8 Å². The Bertz CT molecular complexity index is 856. The first kappa shape index (κ1) is 16.8. The van der Waals surface area contributed by atoms with Crippen LogP contribution in [0.1, 0.15) is 27.2 Å². The first-order valence-corrected chi connectivity index (χ1v) is 8.17. The number of aromatic nitrogens is 2. The number of ether oxygens (including phenoxy) is 1. The fourth-order valence-corrected chi connectivity index (χ4v) is 2.42. The van der Waals surface area contributed by atoms with Crippen LogP contribution < -0.4 is 10.1 Å². The van der Waals surface area contributed by atoms with Gasteiger partial charge in [0.1, 0.15) is 11.4 Å². The van der Waals surface area contributed by atoms with Gasteiger partial charge < -0.3 is 10.1 Å². The molecule has 3 aromatic rings. The second-order valence-corrected chi connectivity index (χ2v) is 5.95. The van der Waals surface area contributed by atoms with Crippen molar-refractivity contribution in [2.75, 3.05) is 0 Å². The lowest BCUT2D eigenvalue weighted by molar-refractivity contribution is 0.0944. The molecule has 1 aromatic heterocycles. The highest BCUT2D eigenvalue weighted by Gasteiger charge is 2.09. The van der Waals surface area contributed by atoms with Crippen LogP contribution in [0.3, 0.4) is 0 Å². The Morgan fingerprint density at radius 1 is 1.12 bits per heavy atom. The van der Waals surface area contributed by atoms with E-state index in [2.05, 4.69) is 10.4 Å². The van der Waals surface area contributed by atoms with Crippen LogP contribution in [0.4, 0.5) is 0 Å². The number of benzene rings is 2. The van der Waals surface area contributed by atoms with E-state index in [1.165, 1.54) is 0 Å². The Labute approximate surface area is 147 Å². The smallest absolute Gasteiger partial charge is 0.272 e. The van der Waals surface area contributed by atoms with Crippen LogP contribution in [-0.2, 0) is 13.3 Å². The van der Waals surface area contributed by atoms with Gasteiger partial charge in [-0.05, 0) is 42.7 Å². The topological polar surface area (TPSA) is 56.1 Å². The van der Waals surface area contributed by atoms with Crippen molar-refractivity contribution in [3.63, 3.8) is 0 Å². The molecular formula is C20H21N3O2. The molecule has 0 saturated heterocycles. The minimum atomic E-state index is -0.200. The van der Waals surface area contributed by atoms with Gasteiger partial charge in [0.2, 0.25) is 0 Å². The van der Waals surface area contributed by atoms with Crippen LogP contribution in [0.15, 0.2) is 60.8 Å². The highest BCUT2D eigenvalue weighted by molar-refractivity contribution is 5.92. The molecule has 0 unspecified atom stereocenters. The van der Waals surface area contributed by atoms with E-state index < -0.39 is 0 Å². The fraction of sp³-hybridized carbons (Fsp3) is 0.200. The zero-order valence-corrected chi connectivity index (χ0v) is 14.4. The van der Waals surface area contributed by atoms with Gasteiger partial charge in [0.15, 0.2) is 6.73 Å². The van der Waals surface area contributed by atoms with E-state index in [-0.39, 0.29) is 12.6 Å². The van der Waals surface area contributed by atoms with E-state index in [1.54, 1.807) is 16.9 Å². The molecule has 0 aliphatic heterocycles. The Hall–Kier alpha value is -3.08. The number of aryl methyl sites for hydroxylation is 2. The minimum absolute atomic E-state index is 0.200. The summed E-state index contributed by atoms with van der Waals surface area (Å²) in [6.07, 6.45) is 1.74. The number of hydrogen-bond acceptors (Lipinski definition) is 3. The molecule has 0 saturated carbocycles. The van der Waals surface area contributed by atoms with Gasteiger partial charge in [-0.25, -0.2) is 4.68 Å². The quantitative estimate of drug-likeness (QED) is 0.750. The van der Waals surface area contributed by atoms with Gasteiger partial charge in [0, 0.05) is 12.7 Å². The Balaban J connectivity index is 1.56. The van der Waals surface area contributed by atoms with Gasteiger partial charge in [-0.2, -0.15) is 5.10 Å². The summed E-state index contributed by atoms with van der Waals surface area (Å²) in [5.74, 6) is 0.625. The zero-order valence-electron chi connectivity index (χ0n) is 14.4. The van der Waals surface area contributed by atoms with E-state index in [9.17, 15) is 4.79 Å². The number of nitrogens with one attached hydrogen (secondary N) is 1. The molecule has 0 spiro atoms. The summed E-state index contributed by atoms with van der Waals surface area (Å²) in [5, 5.41) is 7.13. The van der Waals surface area contributed by atoms with Crippen molar-refractivity contribution in [2.24, 2.45) is 0 Å². The molecule has 5 nitrogen and oxygen atoms in total. The lowest BCUT2D eigenvalue weighted by Gasteiger charge is -2.09. The lowest BCUT2D eigenvalue weighted by Crippen LogP contribution is -2.23. The zero-order chi connectivity index (χ0) is 17.6. The summed E-state index contributed by atoms with van der Waals surface area (Å²) in [5.41, 5.74) is 3.63. The van der Waals surface area contributed by atoms with Gasteiger partial charge >= 0.3 is 0 Å². The second-order valence-electron chi connectivity index (χ2n) is 5.95. The van der Waals surface area contributed by atoms with E-state index in [0.29, 0.717) is 12.2 Å². The molecule has 0 fully saturated rings. The lowest BCUT2D eigenvalue weighted by atomic mass is 10.1. The van der Waals surface area contributed by atoms with Gasteiger partial charge in [-0.3, -0.25) is 4.79 Å². The number of rotatable bonds is 6. The van der Waals surface area contributed by atoms with Crippen LogP contribution in [0.2, 0.25) is 0 Å². The van der Waals surface area contributed by atoms with Crippen molar-refractivity contribution in [3.05, 3.63) is 83.2 Å². The number of nitrogens with zero attached hydrogens (tertiary/aromatic N) is 2. The predicted octanol–water partition coefficient (Wildman–Crippen LogP) is 3.47. The molecule has 1 amide bonds. The molecule has 5 heteroatoms. The second kappa shape index (κ2) is 7.66. The molecule has 2 aromatic carbocycles. The molecule has 0 atom stereocenters. The highest BCUT2D eigenvalue weighted by Crippen LogP contribution is 2.19. The van der Waals surface area contributed by atoms with Crippen molar-refractivity contribution in [1.82, 2.24) is 15.1 Å². The maximum absolute atomic E-state index is 12.2. The molecule has 0 bridgehead atoms. The fourth-order valence-electron chi connectivity index (χ4n) is 2.42. The molecule has 0 aliphatic rings. The molecule has 0 aliphatic carbocycles. The van der Waals surface area contributed by atoms with E-state index in [1.807, 2.05) is 62.4 Å². The maximum atomic E-state index is 12.2. The normalized spacial score (nSPS) is 10.5. The third-order valence-corrected chi connectivity index (χ3v) is 3.87. The summed E-state index contributed by atoms with van der Waals surface area (Å²) in [6.45, 7) is 4.76. The summed E-state index contributed by atoms with van der Waals surface area (Å²) in [6, 6.07) is 17.5. The molecular weight excluding hydrogens is 314 g/mol. The number of carbonyl (C=O) groups is 1. The van der Waals surface area contributed by atoms with E-state index in [0.717, 1.165) is 22.4 Å². The van der Waals surface area contributed by atoms with Gasteiger partial charge in [0.05, 0.1) is 0 Å². The third-order valence-electron chi connectivity index (χ3n) is 3.87. The largest absolute Gasteiger partial charge is 0.471 e. The number of hydrogen-bond donors (Lipinski definition) is 1. The molecule has 25 heavy (non-hydrogen) atoms. The first-order valence-electron chi connectivity index (χ1n) is 8.17. The van der Waals surface area contributed by atoms with Gasteiger partial charge in [-0.1, -0.05) is 42.5 Å². The standard InChI is InChI=1S/C20H21N3O2/c1-15-8-9-16(2)19(12-15)25-14-23-11-10-18(22-23)20(24)21-13-17-6-4-3-5-7-17/h3-12H,13-14H2,1-2H3,(H,21,24). The van der Waals surface area contributed by atoms with Crippen molar-refractivity contribution >= 4 is 5.91 Å². The summed E-state index contributed by atoms with van der Waals surface area (Å²) >= 11 is 0. The molecule has 128 valence electrons. The van der Waals surface area contributed by atoms with Crippen LogP contribution >= 0.6 is 0 Å².